The number of nitrogens with zero attached hydrogens (tertiary/aromatic N) is 1. The van der Waals surface area contributed by atoms with Gasteiger partial charge in [-0.1, -0.05) is 24.3 Å². The predicted molar refractivity (Wildman–Crippen MR) is 96.5 cm³/mol. The Morgan fingerprint density at radius 1 is 1.20 bits per heavy atom. The van der Waals surface area contributed by atoms with E-state index < -0.39 is 6.04 Å². The Balaban J connectivity index is 1.72. The van der Waals surface area contributed by atoms with Gasteiger partial charge in [-0.05, 0) is 48.7 Å². The van der Waals surface area contributed by atoms with Crippen molar-refractivity contribution in [2.75, 3.05) is 12.0 Å². The number of carbonyl (C=O) groups excluding carboxylic acids is 2. The van der Waals surface area contributed by atoms with E-state index in [-0.39, 0.29) is 11.8 Å². The van der Waals surface area contributed by atoms with Crippen molar-refractivity contribution in [3.8, 4) is 5.75 Å². The normalized spacial score (nSPS) is 16.8. The summed E-state index contributed by atoms with van der Waals surface area (Å²) in [7, 11) is 1.60. The molecule has 0 bridgehead atoms. The fraction of sp³-hybridized carbons (Fsp3) is 0.300. The van der Waals surface area contributed by atoms with Crippen molar-refractivity contribution in [1.29, 1.82) is 0 Å². The van der Waals surface area contributed by atoms with Gasteiger partial charge in [-0.25, -0.2) is 0 Å². The minimum absolute atomic E-state index is 0.0267. The Morgan fingerprint density at radius 3 is 2.60 bits per heavy atom. The van der Waals surface area contributed by atoms with E-state index >= 15 is 0 Å². The van der Waals surface area contributed by atoms with Crippen LogP contribution in [0.15, 0.2) is 48.5 Å². The van der Waals surface area contributed by atoms with Gasteiger partial charge in [0.2, 0.25) is 11.8 Å². The number of rotatable bonds is 5. The van der Waals surface area contributed by atoms with E-state index in [2.05, 4.69) is 5.32 Å². The molecule has 1 aliphatic heterocycles. The smallest absolute Gasteiger partial charge is 0.243 e. The predicted octanol–water partition coefficient (Wildman–Crippen LogP) is 2.82. The number of aryl methyl sites for hydroxylation is 1. The molecule has 5 nitrogen and oxygen atoms in total. The summed E-state index contributed by atoms with van der Waals surface area (Å²) < 4.78 is 5.15. The van der Waals surface area contributed by atoms with Crippen molar-refractivity contribution in [2.24, 2.45) is 0 Å². The molecule has 2 aromatic rings. The van der Waals surface area contributed by atoms with E-state index in [1.54, 1.807) is 24.1 Å². The molecule has 130 valence electrons. The highest BCUT2D eigenvalue weighted by molar-refractivity contribution is 6.03. The first kappa shape index (κ1) is 17.0. The summed E-state index contributed by atoms with van der Waals surface area (Å²) in [6, 6.07) is 14.7. The highest BCUT2D eigenvalue weighted by atomic mass is 16.5. The number of benzene rings is 2. The van der Waals surface area contributed by atoms with Gasteiger partial charge >= 0.3 is 0 Å². The summed E-state index contributed by atoms with van der Waals surface area (Å²) in [6.45, 7) is 2.48. The third-order valence-corrected chi connectivity index (χ3v) is 4.58. The lowest BCUT2D eigenvalue weighted by Gasteiger charge is -2.24. The minimum atomic E-state index is -0.468. The highest BCUT2D eigenvalue weighted by Crippen LogP contribution is 2.28. The molecule has 1 N–H and O–H groups in total. The second kappa shape index (κ2) is 7.38. The number of hydrogen-bond acceptors (Lipinski definition) is 3. The molecule has 25 heavy (non-hydrogen) atoms. The maximum absolute atomic E-state index is 12.7. The van der Waals surface area contributed by atoms with Crippen molar-refractivity contribution in [1.82, 2.24) is 5.32 Å². The molecule has 1 saturated heterocycles. The summed E-state index contributed by atoms with van der Waals surface area (Å²) in [5, 5.41) is 2.97. The zero-order valence-electron chi connectivity index (χ0n) is 14.5. The summed E-state index contributed by atoms with van der Waals surface area (Å²) in [5.74, 6) is 0.571. The van der Waals surface area contributed by atoms with Gasteiger partial charge in [-0.3, -0.25) is 14.5 Å². The number of carbonyl (C=O) groups is 2. The average Bonchev–Trinajstić information content (AvgIpc) is 3.02. The Bertz CT molecular complexity index is 771. The molecular weight excluding hydrogens is 316 g/mol. The van der Waals surface area contributed by atoms with Crippen LogP contribution >= 0.6 is 0 Å². The summed E-state index contributed by atoms with van der Waals surface area (Å²) in [4.78, 5) is 26.5. The summed E-state index contributed by atoms with van der Waals surface area (Å²) >= 11 is 0. The zero-order valence-corrected chi connectivity index (χ0v) is 14.5. The van der Waals surface area contributed by atoms with E-state index in [0.717, 1.165) is 22.6 Å². The maximum atomic E-state index is 12.7. The number of hydrogen-bond donors (Lipinski definition) is 1. The van der Waals surface area contributed by atoms with Crippen LogP contribution < -0.4 is 15.0 Å². The van der Waals surface area contributed by atoms with Crippen LogP contribution in [0.25, 0.3) is 0 Å². The Morgan fingerprint density at radius 2 is 1.92 bits per heavy atom. The molecule has 1 atom stereocenters. The van der Waals surface area contributed by atoms with Crippen LogP contribution in [0, 0.1) is 6.92 Å². The first-order chi connectivity index (χ1) is 12.1. The SMILES string of the molecule is COc1ccc(N2C(=O)CCC2C(=O)NCc2ccccc2C)cc1. The van der Waals surface area contributed by atoms with Crippen LogP contribution in [0.2, 0.25) is 0 Å². The second-order valence-electron chi connectivity index (χ2n) is 6.16. The van der Waals surface area contributed by atoms with Gasteiger partial charge in [-0.2, -0.15) is 0 Å². The third kappa shape index (κ3) is 3.65. The van der Waals surface area contributed by atoms with Gasteiger partial charge in [0.15, 0.2) is 0 Å². The summed E-state index contributed by atoms with van der Waals surface area (Å²) in [5.41, 5.74) is 2.94. The average molecular weight is 338 g/mol. The maximum Gasteiger partial charge on any atom is 0.243 e. The van der Waals surface area contributed by atoms with Crippen molar-refractivity contribution in [2.45, 2.75) is 32.4 Å². The topological polar surface area (TPSA) is 58.6 Å². The molecule has 1 heterocycles. The molecule has 0 aromatic heterocycles. The quantitative estimate of drug-likeness (QED) is 0.912. The van der Waals surface area contributed by atoms with Crippen LogP contribution in [-0.4, -0.2) is 25.0 Å². The Labute approximate surface area is 147 Å². The molecule has 2 aromatic carbocycles. The van der Waals surface area contributed by atoms with Gasteiger partial charge in [0, 0.05) is 18.7 Å². The monoisotopic (exact) mass is 338 g/mol. The van der Waals surface area contributed by atoms with Crippen LogP contribution in [0.5, 0.6) is 5.75 Å². The van der Waals surface area contributed by atoms with Crippen molar-refractivity contribution < 1.29 is 14.3 Å². The highest BCUT2D eigenvalue weighted by Gasteiger charge is 2.36. The van der Waals surface area contributed by atoms with Crippen LogP contribution in [0.4, 0.5) is 5.69 Å². The molecule has 5 heteroatoms. The fourth-order valence-corrected chi connectivity index (χ4v) is 3.11. The summed E-state index contributed by atoms with van der Waals surface area (Å²) in [6.07, 6.45) is 0.916. The number of nitrogens with one attached hydrogen (secondary N) is 1. The fourth-order valence-electron chi connectivity index (χ4n) is 3.11. The van der Waals surface area contributed by atoms with Crippen LogP contribution in [0.1, 0.15) is 24.0 Å². The molecule has 2 amide bonds. The van der Waals surface area contributed by atoms with Crippen molar-refractivity contribution >= 4 is 17.5 Å². The first-order valence-electron chi connectivity index (χ1n) is 8.38. The van der Waals surface area contributed by atoms with Gasteiger partial charge in [0.05, 0.1) is 7.11 Å². The lowest BCUT2D eigenvalue weighted by molar-refractivity contribution is -0.124. The molecule has 0 spiro atoms. The molecule has 3 rings (SSSR count). The molecule has 1 fully saturated rings. The van der Waals surface area contributed by atoms with Crippen molar-refractivity contribution in [3.05, 3.63) is 59.7 Å². The van der Waals surface area contributed by atoms with Crippen LogP contribution in [-0.2, 0) is 16.1 Å². The molecule has 1 aliphatic rings. The molecule has 0 saturated carbocycles. The lowest BCUT2D eigenvalue weighted by Crippen LogP contribution is -2.44. The van der Waals surface area contributed by atoms with E-state index in [0.29, 0.717) is 19.4 Å². The van der Waals surface area contributed by atoms with E-state index in [9.17, 15) is 9.59 Å². The first-order valence-corrected chi connectivity index (χ1v) is 8.38. The second-order valence-corrected chi connectivity index (χ2v) is 6.16. The van der Waals surface area contributed by atoms with E-state index in [4.69, 9.17) is 4.74 Å². The van der Waals surface area contributed by atoms with Crippen LogP contribution in [0.3, 0.4) is 0 Å². The number of anilines is 1. The van der Waals surface area contributed by atoms with Gasteiger partial charge in [-0.15, -0.1) is 0 Å². The molecular formula is C20H22N2O3. The molecule has 0 aliphatic carbocycles. The van der Waals surface area contributed by atoms with Gasteiger partial charge in [0.25, 0.3) is 0 Å². The van der Waals surface area contributed by atoms with Crippen molar-refractivity contribution in [3.63, 3.8) is 0 Å². The largest absolute Gasteiger partial charge is 0.497 e. The lowest BCUT2D eigenvalue weighted by atomic mass is 10.1. The third-order valence-electron chi connectivity index (χ3n) is 4.58. The number of amides is 2. The van der Waals surface area contributed by atoms with E-state index in [1.165, 1.54) is 0 Å². The van der Waals surface area contributed by atoms with Gasteiger partial charge < -0.3 is 10.1 Å². The minimum Gasteiger partial charge on any atom is -0.497 e. The zero-order chi connectivity index (χ0) is 17.8. The Hall–Kier alpha value is -2.82. The molecule has 1 unspecified atom stereocenters. The van der Waals surface area contributed by atoms with E-state index in [1.807, 2.05) is 43.3 Å². The Kier molecular flexibility index (Phi) is 5.03. The number of ether oxygens (including phenoxy) is 1. The number of methoxy groups -OCH3 is 1. The van der Waals surface area contributed by atoms with Gasteiger partial charge in [0.1, 0.15) is 11.8 Å². The standard InChI is InChI=1S/C20H22N2O3/c1-14-5-3-4-6-15(14)13-21-20(24)18-11-12-19(23)22(18)16-7-9-17(25-2)10-8-16/h3-10,18H,11-13H2,1-2H3,(H,21,24). The molecule has 0 radical (unpaired) electrons.